The van der Waals surface area contributed by atoms with Gasteiger partial charge in [-0.2, -0.15) is 0 Å². The highest BCUT2D eigenvalue weighted by Gasteiger charge is 2.27. The van der Waals surface area contributed by atoms with Crippen LogP contribution in [0.5, 0.6) is 0 Å². The average Bonchev–Trinajstić information content (AvgIpc) is 3.63. The van der Waals surface area contributed by atoms with Gasteiger partial charge in [-0.3, -0.25) is 24.7 Å². The Morgan fingerprint density at radius 1 is 0.903 bits per heavy atom. The number of nitro groups is 1. The molecule has 2 aliphatic heterocycles. The Morgan fingerprint density at radius 3 is 2.40 bits per heavy atom. The molecule has 0 aliphatic carbocycles. The maximum atomic E-state index is 13.9. The summed E-state index contributed by atoms with van der Waals surface area (Å²) < 4.78 is 30.3. The van der Waals surface area contributed by atoms with Crippen molar-refractivity contribution in [2.75, 3.05) is 60.0 Å². The van der Waals surface area contributed by atoms with E-state index in [-0.39, 0.29) is 33.7 Å². The summed E-state index contributed by atoms with van der Waals surface area (Å²) >= 11 is 7.80. The molecule has 3 heterocycles. The number of aromatic nitrogens is 2. The van der Waals surface area contributed by atoms with Gasteiger partial charge in [0, 0.05) is 84.7 Å². The van der Waals surface area contributed by atoms with Gasteiger partial charge in [-0.15, -0.1) is 11.8 Å². The topological polar surface area (TPSA) is 149 Å². The molecule has 1 saturated heterocycles. The molecule has 0 bridgehead atoms. The van der Waals surface area contributed by atoms with E-state index in [1.54, 1.807) is 11.8 Å². The first-order chi connectivity index (χ1) is 29.9. The third-order valence-corrected chi connectivity index (χ3v) is 13.9. The van der Waals surface area contributed by atoms with Crippen molar-refractivity contribution in [3.8, 4) is 11.1 Å². The standard InChI is InChI=1S/C46H48ClN9O4S2/c1-46(2)30-54(32-50-46)21-20-36(29-61-38-9-4-3-5-10-38)51-42-19-17-39(27-44(42)56(57)58)62(59,60)52-45-41-18-16-37(26-43(41)48-31-49-45)55-24-22-53(23-25-55)28-34-8-6-7-11-40(34)33-12-14-35(47)15-13-33/h3-19,26-27,31-32,36,51H,20-25,28-30H2,1-2H3,(H,48,49,52). The molecule has 0 spiro atoms. The lowest BCUT2D eigenvalue weighted by Crippen LogP contribution is -2.46. The summed E-state index contributed by atoms with van der Waals surface area (Å²) in [4.78, 5) is 33.0. The number of benzene rings is 5. The van der Waals surface area contributed by atoms with Crippen LogP contribution in [-0.2, 0) is 16.6 Å². The molecule has 1 fully saturated rings. The van der Waals surface area contributed by atoms with Gasteiger partial charge in [0.1, 0.15) is 12.0 Å². The lowest BCUT2D eigenvalue weighted by Gasteiger charge is -2.36. The quantitative estimate of drug-likeness (QED) is 0.0545. The van der Waals surface area contributed by atoms with E-state index in [2.05, 4.69) is 89.9 Å². The van der Waals surface area contributed by atoms with Crippen molar-refractivity contribution in [1.29, 1.82) is 0 Å². The largest absolute Gasteiger partial charge is 0.376 e. The Balaban J connectivity index is 0.936. The van der Waals surface area contributed by atoms with Gasteiger partial charge < -0.3 is 15.1 Å². The number of sulfonamides is 1. The SMILES string of the molecule is CC1(C)CN(CCC(CSc2ccccc2)Nc2ccc(S(=O)(=O)Nc3ncnc4cc(N5CCN(Cc6ccccc6-c6ccc(Cl)cc6)CC5)ccc34)cc2[N+](=O)[O-])C=N1. The molecule has 6 aromatic rings. The van der Waals surface area contributed by atoms with Gasteiger partial charge in [-0.1, -0.05) is 66.2 Å². The number of nitro benzene ring substituents is 1. The van der Waals surface area contributed by atoms with Crippen LogP contribution in [0.25, 0.3) is 22.0 Å². The van der Waals surface area contributed by atoms with E-state index >= 15 is 0 Å². The number of nitrogens with one attached hydrogen (secondary N) is 2. The molecule has 1 unspecified atom stereocenters. The Bertz CT molecular complexity index is 2680. The summed E-state index contributed by atoms with van der Waals surface area (Å²) in [5, 5.41) is 17.1. The molecule has 1 aromatic heterocycles. The zero-order valence-electron chi connectivity index (χ0n) is 34.5. The number of thioether (sulfide) groups is 1. The van der Waals surface area contributed by atoms with Crippen LogP contribution in [0, 0.1) is 10.1 Å². The van der Waals surface area contributed by atoms with Crippen LogP contribution in [0.15, 0.2) is 136 Å². The molecular weight excluding hydrogens is 842 g/mol. The Hall–Kier alpha value is -5.74. The molecule has 13 nitrogen and oxygen atoms in total. The van der Waals surface area contributed by atoms with Crippen LogP contribution >= 0.6 is 23.4 Å². The number of hydrogen-bond donors (Lipinski definition) is 2. The molecule has 16 heteroatoms. The Kier molecular flexibility index (Phi) is 13.0. The molecule has 2 N–H and O–H groups in total. The van der Waals surface area contributed by atoms with Crippen molar-refractivity contribution < 1.29 is 13.3 Å². The fraction of sp³-hybridized carbons (Fsp3) is 0.283. The predicted octanol–water partition coefficient (Wildman–Crippen LogP) is 9.07. The van der Waals surface area contributed by atoms with Crippen LogP contribution in [0.3, 0.4) is 0 Å². The van der Waals surface area contributed by atoms with Gasteiger partial charge in [0.15, 0.2) is 5.82 Å². The monoisotopic (exact) mass is 889 g/mol. The van der Waals surface area contributed by atoms with Crippen LogP contribution in [0.2, 0.25) is 5.02 Å². The number of halogens is 1. The first kappa shape index (κ1) is 42.9. The minimum Gasteiger partial charge on any atom is -0.376 e. The van der Waals surface area contributed by atoms with Crippen molar-refractivity contribution in [2.45, 2.75) is 48.2 Å². The van der Waals surface area contributed by atoms with E-state index in [1.165, 1.54) is 29.6 Å². The van der Waals surface area contributed by atoms with Gasteiger partial charge in [-0.05, 0) is 91.6 Å². The summed E-state index contributed by atoms with van der Waals surface area (Å²) in [6.45, 7) is 9.82. The highest BCUT2D eigenvalue weighted by Crippen LogP contribution is 2.33. The van der Waals surface area contributed by atoms with Gasteiger partial charge >= 0.3 is 0 Å². The summed E-state index contributed by atoms with van der Waals surface area (Å²) in [5.74, 6) is 0.721. The molecule has 5 aromatic carbocycles. The summed E-state index contributed by atoms with van der Waals surface area (Å²) in [7, 11) is -4.29. The molecular formula is C46H48ClN9O4S2. The van der Waals surface area contributed by atoms with E-state index in [0.717, 1.165) is 61.5 Å². The third kappa shape index (κ3) is 10.5. The van der Waals surface area contributed by atoms with Crippen molar-refractivity contribution in [3.63, 3.8) is 0 Å². The highest BCUT2D eigenvalue weighted by molar-refractivity contribution is 7.99. The van der Waals surface area contributed by atoms with Crippen molar-refractivity contribution in [2.24, 2.45) is 4.99 Å². The Labute approximate surface area is 371 Å². The zero-order chi connectivity index (χ0) is 43.3. The third-order valence-electron chi connectivity index (χ3n) is 11.1. The lowest BCUT2D eigenvalue weighted by molar-refractivity contribution is -0.384. The minimum absolute atomic E-state index is 0.0854. The smallest absolute Gasteiger partial charge is 0.293 e. The van der Waals surface area contributed by atoms with Crippen molar-refractivity contribution in [1.82, 2.24) is 19.8 Å². The number of rotatable bonds is 16. The van der Waals surface area contributed by atoms with E-state index in [1.807, 2.05) is 67.0 Å². The second-order valence-electron chi connectivity index (χ2n) is 16.2. The molecule has 1 atom stereocenters. The number of nitrogens with zero attached hydrogens (tertiary/aromatic N) is 7. The molecule has 0 saturated carbocycles. The van der Waals surface area contributed by atoms with Gasteiger partial charge in [-0.25, -0.2) is 18.4 Å². The maximum absolute atomic E-state index is 13.9. The van der Waals surface area contributed by atoms with Gasteiger partial charge in [0.25, 0.3) is 15.7 Å². The first-order valence-corrected chi connectivity index (χ1v) is 23.3. The number of aliphatic imine (C=N–C) groups is 1. The second-order valence-corrected chi connectivity index (χ2v) is 19.4. The fourth-order valence-electron chi connectivity index (χ4n) is 7.84. The van der Waals surface area contributed by atoms with E-state index < -0.39 is 14.9 Å². The number of piperazine rings is 1. The lowest BCUT2D eigenvalue weighted by atomic mass is 9.99. The first-order valence-electron chi connectivity index (χ1n) is 20.5. The molecule has 0 radical (unpaired) electrons. The van der Waals surface area contributed by atoms with Crippen molar-refractivity contribution >= 4 is 73.5 Å². The Morgan fingerprint density at radius 2 is 1.66 bits per heavy atom. The minimum atomic E-state index is -4.29. The van der Waals surface area contributed by atoms with Gasteiger partial charge in [0.05, 0.1) is 27.2 Å². The summed E-state index contributed by atoms with van der Waals surface area (Å²) in [6, 6.07) is 35.8. The number of anilines is 3. The van der Waals surface area contributed by atoms with Crippen LogP contribution in [0.1, 0.15) is 25.8 Å². The highest BCUT2D eigenvalue weighted by atomic mass is 35.5. The molecule has 62 heavy (non-hydrogen) atoms. The maximum Gasteiger partial charge on any atom is 0.293 e. The summed E-state index contributed by atoms with van der Waals surface area (Å²) in [6.07, 6.45) is 3.86. The fourth-order valence-corrected chi connectivity index (χ4v) is 10.0. The number of fused-ring (bicyclic) bond motifs is 1. The van der Waals surface area contributed by atoms with Crippen LogP contribution < -0.4 is 14.9 Å². The van der Waals surface area contributed by atoms with Crippen molar-refractivity contribution in [3.05, 3.63) is 142 Å². The molecule has 8 rings (SSSR count). The molecule has 320 valence electrons. The zero-order valence-corrected chi connectivity index (χ0v) is 36.9. The van der Waals surface area contributed by atoms with E-state index in [4.69, 9.17) is 11.6 Å². The van der Waals surface area contributed by atoms with E-state index in [9.17, 15) is 18.5 Å². The second kappa shape index (κ2) is 18.7. The molecule has 0 amide bonds. The van der Waals surface area contributed by atoms with Gasteiger partial charge in [0.2, 0.25) is 0 Å². The number of hydrogen-bond acceptors (Lipinski definition) is 12. The average molecular weight is 891 g/mol. The molecule has 2 aliphatic rings. The van der Waals surface area contributed by atoms with Crippen LogP contribution in [0.4, 0.5) is 22.9 Å². The van der Waals surface area contributed by atoms with Crippen LogP contribution in [-0.4, -0.2) is 96.0 Å². The normalized spacial score (nSPS) is 15.8. The predicted molar refractivity (Wildman–Crippen MR) is 251 cm³/mol. The summed E-state index contributed by atoms with van der Waals surface area (Å²) in [5.41, 5.74) is 4.88. The van der Waals surface area contributed by atoms with E-state index in [0.29, 0.717) is 34.6 Å².